The van der Waals surface area contributed by atoms with Crippen LogP contribution < -0.4 is 10.6 Å². The average molecular weight is 271 g/mol. The zero-order valence-corrected chi connectivity index (χ0v) is 11.8. The van der Waals surface area contributed by atoms with Gasteiger partial charge in [0.2, 0.25) is 0 Å². The van der Waals surface area contributed by atoms with Crippen LogP contribution >= 0.6 is 0 Å². The normalized spacial score (nSPS) is 19.5. The second-order valence-electron chi connectivity index (χ2n) is 5.36. The number of nitrogens with one attached hydrogen (secondary N) is 2. The van der Waals surface area contributed by atoms with Gasteiger partial charge in [0.05, 0.1) is 5.92 Å². The van der Waals surface area contributed by atoms with Crippen molar-refractivity contribution in [3.8, 4) is 0 Å². The number of amides is 2. The quantitative estimate of drug-likeness (QED) is 0.670. The van der Waals surface area contributed by atoms with E-state index < -0.39 is 11.9 Å². The molecule has 1 saturated heterocycles. The molecule has 2 amide bonds. The summed E-state index contributed by atoms with van der Waals surface area (Å²) >= 11 is 0. The average Bonchev–Trinajstić information content (AvgIpc) is 2.36. The number of hydrogen-bond acceptors (Lipinski definition) is 3. The number of carbonyl (C=O) groups is 2. The standard InChI is InChI=1S/C13H25N3O3/c1-10(12(17)18)8-14-13(19)15-11(2)9-16-6-4-3-5-7-16/h10-11H,3-9H2,1-2H3,(H,17,18)(H2,14,15,19). The molecule has 110 valence electrons. The van der Waals surface area contributed by atoms with E-state index >= 15 is 0 Å². The molecule has 3 N–H and O–H groups in total. The summed E-state index contributed by atoms with van der Waals surface area (Å²) in [5.74, 6) is -1.47. The minimum atomic E-state index is -0.901. The van der Waals surface area contributed by atoms with E-state index in [1.807, 2.05) is 6.92 Å². The molecule has 1 aliphatic rings. The number of piperidine rings is 1. The van der Waals surface area contributed by atoms with Crippen molar-refractivity contribution in [1.82, 2.24) is 15.5 Å². The fourth-order valence-electron chi connectivity index (χ4n) is 2.18. The molecule has 6 heteroatoms. The largest absolute Gasteiger partial charge is 0.481 e. The Morgan fingerprint density at radius 3 is 2.42 bits per heavy atom. The highest BCUT2D eigenvalue weighted by atomic mass is 16.4. The highest BCUT2D eigenvalue weighted by Crippen LogP contribution is 2.08. The highest BCUT2D eigenvalue weighted by Gasteiger charge is 2.16. The molecular weight excluding hydrogens is 246 g/mol. The summed E-state index contributed by atoms with van der Waals surface area (Å²) < 4.78 is 0. The topological polar surface area (TPSA) is 81.7 Å². The Labute approximate surface area is 114 Å². The minimum Gasteiger partial charge on any atom is -0.481 e. The van der Waals surface area contributed by atoms with Gasteiger partial charge in [-0.05, 0) is 32.9 Å². The van der Waals surface area contributed by atoms with Crippen molar-refractivity contribution in [2.45, 2.75) is 39.2 Å². The van der Waals surface area contributed by atoms with Crippen LogP contribution in [0, 0.1) is 5.92 Å². The number of urea groups is 1. The summed E-state index contributed by atoms with van der Waals surface area (Å²) in [5.41, 5.74) is 0. The summed E-state index contributed by atoms with van der Waals surface area (Å²) in [5, 5.41) is 14.1. The number of likely N-dealkylation sites (tertiary alicyclic amines) is 1. The summed E-state index contributed by atoms with van der Waals surface area (Å²) in [6, 6.07) is -0.226. The zero-order chi connectivity index (χ0) is 14.3. The second-order valence-corrected chi connectivity index (χ2v) is 5.36. The first-order valence-electron chi connectivity index (χ1n) is 6.98. The maximum atomic E-state index is 11.6. The van der Waals surface area contributed by atoms with Gasteiger partial charge in [-0.25, -0.2) is 4.79 Å². The number of nitrogens with zero attached hydrogens (tertiary/aromatic N) is 1. The van der Waals surface area contributed by atoms with Crippen LogP contribution in [0.5, 0.6) is 0 Å². The van der Waals surface area contributed by atoms with Gasteiger partial charge in [-0.1, -0.05) is 13.3 Å². The third-order valence-corrected chi connectivity index (χ3v) is 3.35. The molecule has 2 atom stereocenters. The van der Waals surface area contributed by atoms with Crippen molar-refractivity contribution in [2.75, 3.05) is 26.2 Å². The molecule has 1 heterocycles. The van der Waals surface area contributed by atoms with Crippen LogP contribution in [0.1, 0.15) is 33.1 Å². The number of hydrogen-bond donors (Lipinski definition) is 3. The van der Waals surface area contributed by atoms with E-state index in [1.165, 1.54) is 19.3 Å². The van der Waals surface area contributed by atoms with Gasteiger partial charge in [0.25, 0.3) is 0 Å². The molecule has 19 heavy (non-hydrogen) atoms. The van der Waals surface area contributed by atoms with Crippen molar-refractivity contribution in [1.29, 1.82) is 0 Å². The number of carboxylic acid groups (broad SMARTS) is 1. The first kappa shape index (κ1) is 15.8. The molecule has 6 nitrogen and oxygen atoms in total. The molecule has 1 aliphatic heterocycles. The third kappa shape index (κ3) is 6.42. The van der Waals surface area contributed by atoms with Gasteiger partial charge in [-0.3, -0.25) is 4.79 Å². The lowest BCUT2D eigenvalue weighted by atomic mass is 10.1. The number of carbonyl (C=O) groups excluding carboxylic acids is 1. The van der Waals surface area contributed by atoms with Crippen LogP contribution in [-0.2, 0) is 4.79 Å². The van der Waals surface area contributed by atoms with E-state index in [0.717, 1.165) is 19.6 Å². The molecule has 0 aliphatic carbocycles. The Balaban J connectivity index is 2.18. The number of carboxylic acids is 1. The molecule has 2 unspecified atom stereocenters. The molecule has 1 fully saturated rings. The SMILES string of the molecule is CC(CN1CCCCC1)NC(=O)NCC(C)C(=O)O. The first-order chi connectivity index (χ1) is 8.99. The van der Waals surface area contributed by atoms with Gasteiger partial charge < -0.3 is 20.6 Å². The Morgan fingerprint density at radius 2 is 1.84 bits per heavy atom. The fourth-order valence-corrected chi connectivity index (χ4v) is 2.18. The predicted molar refractivity (Wildman–Crippen MR) is 73.1 cm³/mol. The van der Waals surface area contributed by atoms with Gasteiger partial charge in [-0.15, -0.1) is 0 Å². The predicted octanol–water partition coefficient (Wildman–Crippen LogP) is 0.881. The lowest BCUT2D eigenvalue weighted by molar-refractivity contribution is -0.140. The van der Waals surface area contributed by atoms with Gasteiger partial charge in [-0.2, -0.15) is 0 Å². The Morgan fingerprint density at radius 1 is 1.21 bits per heavy atom. The van der Waals surface area contributed by atoms with Crippen molar-refractivity contribution in [3.63, 3.8) is 0 Å². The molecule has 1 rings (SSSR count). The van der Waals surface area contributed by atoms with E-state index in [1.54, 1.807) is 6.92 Å². The van der Waals surface area contributed by atoms with E-state index in [0.29, 0.717) is 0 Å². The summed E-state index contributed by atoms with van der Waals surface area (Å²) in [6.45, 7) is 6.74. The van der Waals surface area contributed by atoms with Gasteiger partial charge in [0, 0.05) is 19.1 Å². The van der Waals surface area contributed by atoms with E-state index in [-0.39, 0.29) is 18.6 Å². The van der Waals surface area contributed by atoms with Gasteiger partial charge in [0.1, 0.15) is 0 Å². The van der Waals surface area contributed by atoms with Crippen molar-refractivity contribution < 1.29 is 14.7 Å². The molecule has 0 radical (unpaired) electrons. The summed E-state index contributed by atoms with van der Waals surface area (Å²) in [7, 11) is 0. The molecule has 0 spiro atoms. The van der Waals surface area contributed by atoms with Crippen molar-refractivity contribution in [3.05, 3.63) is 0 Å². The summed E-state index contributed by atoms with van der Waals surface area (Å²) in [4.78, 5) is 24.6. The monoisotopic (exact) mass is 271 g/mol. The van der Waals surface area contributed by atoms with Crippen LogP contribution in [-0.4, -0.2) is 54.2 Å². The van der Waals surface area contributed by atoms with Crippen LogP contribution in [0.3, 0.4) is 0 Å². The third-order valence-electron chi connectivity index (χ3n) is 3.35. The minimum absolute atomic E-state index is 0.0678. The van der Waals surface area contributed by atoms with Crippen molar-refractivity contribution >= 4 is 12.0 Å². The Kier molecular flexibility index (Phi) is 6.62. The number of rotatable bonds is 6. The smallest absolute Gasteiger partial charge is 0.315 e. The lowest BCUT2D eigenvalue weighted by Crippen LogP contribution is -2.48. The van der Waals surface area contributed by atoms with Crippen LogP contribution in [0.25, 0.3) is 0 Å². The van der Waals surface area contributed by atoms with Crippen LogP contribution in [0.2, 0.25) is 0 Å². The molecule has 0 bridgehead atoms. The maximum Gasteiger partial charge on any atom is 0.315 e. The van der Waals surface area contributed by atoms with E-state index in [9.17, 15) is 9.59 Å². The van der Waals surface area contributed by atoms with E-state index in [4.69, 9.17) is 5.11 Å². The van der Waals surface area contributed by atoms with Crippen LogP contribution in [0.4, 0.5) is 4.79 Å². The second kappa shape index (κ2) is 7.99. The molecular formula is C13H25N3O3. The fraction of sp³-hybridized carbons (Fsp3) is 0.846. The lowest BCUT2D eigenvalue weighted by Gasteiger charge is -2.29. The molecule has 0 aromatic rings. The Hall–Kier alpha value is -1.30. The number of aliphatic carboxylic acids is 1. The Bertz CT molecular complexity index is 304. The van der Waals surface area contributed by atoms with Gasteiger partial charge >= 0.3 is 12.0 Å². The molecule has 0 aromatic heterocycles. The summed E-state index contributed by atoms with van der Waals surface area (Å²) in [6.07, 6.45) is 3.76. The van der Waals surface area contributed by atoms with Crippen molar-refractivity contribution in [2.24, 2.45) is 5.92 Å². The van der Waals surface area contributed by atoms with Gasteiger partial charge in [0.15, 0.2) is 0 Å². The molecule has 0 aromatic carbocycles. The highest BCUT2D eigenvalue weighted by molar-refractivity contribution is 5.75. The van der Waals surface area contributed by atoms with Crippen LogP contribution in [0.15, 0.2) is 0 Å². The maximum absolute atomic E-state index is 11.6. The molecule has 0 saturated carbocycles. The zero-order valence-electron chi connectivity index (χ0n) is 11.8. The first-order valence-corrected chi connectivity index (χ1v) is 6.98. The van der Waals surface area contributed by atoms with E-state index in [2.05, 4.69) is 15.5 Å².